The number of ketones is 1. The van der Waals surface area contributed by atoms with Gasteiger partial charge in [0.1, 0.15) is 19.7 Å². The molecule has 2 amide bonds. The predicted molar refractivity (Wildman–Crippen MR) is 165 cm³/mol. The third-order valence-electron chi connectivity index (χ3n) is 8.03. The molecule has 1 unspecified atom stereocenters. The van der Waals surface area contributed by atoms with Crippen molar-refractivity contribution < 1.29 is 32.7 Å². The van der Waals surface area contributed by atoms with Crippen molar-refractivity contribution in [3.63, 3.8) is 0 Å². The molecule has 0 aromatic carbocycles. The van der Waals surface area contributed by atoms with Gasteiger partial charge in [-0.3, -0.25) is 9.59 Å². The largest absolute Gasteiger partial charge is 0.391 e. The Hall–Kier alpha value is -1.27. The number of ether oxygens (including phenoxy) is 2. The van der Waals surface area contributed by atoms with Crippen LogP contribution in [-0.4, -0.2) is 109 Å². The molecule has 1 rings (SSSR count). The van der Waals surface area contributed by atoms with Crippen LogP contribution in [0.1, 0.15) is 99.8 Å². The van der Waals surface area contributed by atoms with Crippen molar-refractivity contribution >= 4 is 34.0 Å². The van der Waals surface area contributed by atoms with E-state index in [0.717, 1.165) is 19.3 Å². The van der Waals surface area contributed by atoms with E-state index >= 15 is 0 Å². The molecule has 11 heteroatoms. The van der Waals surface area contributed by atoms with Gasteiger partial charge in [-0.1, -0.05) is 34.1 Å². The third kappa shape index (κ3) is 12.9. The van der Waals surface area contributed by atoms with Crippen LogP contribution in [-0.2, 0) is 32.7 Å². The Morgan fingerprint density at radius 2 is 1.49 bits per heavy atom. The third-order valence-corrected chi connectivity index (χ3v) is 12.7. The Kier molecular flexibility index (Phi) is 16.3. The van der Waals surface area contributed by atoms with Crippen LogP contribution in [0.5, 0.6) is 0 Å². The highest BCUT2D eigenvalue weighted by atomic mass is 28.4. The van der Waals surface area contributed by atoms with E-state index in [1.165, 1.54) is 0 Å². The van der Waals surface area contributed by atoms with Gasteiger partial charge in [0.2, 0.25) is 11.8 Å². The van der Waals surface area contributed by atoms with Crippen molar-refractivity contribution in [3.05, 3.63) is 0 Å². The van der Waals surface area contributed by atoms with Gasteiger partial charge < -0.3 is 32.9 Å². The summed E-state index contributed by atoms with van der Waals surface area (Å²) in [7, 11) is 8.46. The van der Waals surface area contributed by atoms with Crippen molar-refractivity contribution in [2.75, 3.05) is 40.9 Å². The first-order valence-corrected chi connectivity index (χ1v) is 17.3. The first kappa shape index (κ1) is 37.8. The maximum absolute atomic E-state index is 13.0. The zero-order valence-corrected chi connectivity index (χ0v) is 28.5. The molecule has 0 aliphatic carbocycles. The van der Waals surface area contributed by atoms with Gasteiger partial charge in [-0.05, 0) is 57.5 Å². The molecule has 1 aliphatic rings. The zero-order valence-electron chi connectivity index (χ0n) is 27.5. The summed E-state index contributed by atoms with van der Waals surface area (Å²) in [6, 6.07) is -0.357. The molecule has 0 bridgehead atoms. The summed E-state index contributed by atoms with van der Waals surface area (Å²) in [5, 5.41) is 0. The minimum atomic E-state index is -2.74. The molecule has 1 fully saturated rings. The smallest absolute Gasteiger partial charge is 0.343 e. The van der Waals surface area contributed by atoms with Crippen LogP contribution in [0.2, 0.25) is 11.1 Å². The summed E-state index contributed by atoms with van der Waals surface area (Å²) >= 11 is 0. The summed E-state index contributed by atoms with van der Waals surface area (Å²) in [5.74, 6) is 0.269. The average molecular weight is 597 g/mol. The van der Waals surface area contributed by atoms with Gasteiger partial charge in [-0.2, -0.15) is 0 Å². The standard InChI is InChI=1S/C30H57BN2O7Si/c1-22(2)41(23(3)4,38-21-26-25(37-10)20-27(31)39-26)40-30(6,7)17-16-29(36)33(9)19-18-32(8)28(35)15-13-11-12-14-24(5)34/h22-23,25-27H,11-21H2,1-10H3/t25?,26-,27-/m1/s1. The van der Waals surface area contributed by atoms with E-state index in [0.29, 0.717) is 51.8 Å². The summed E-state index contributed by atoms with van der Waals surface area (Å²) in [6.07, 6.45) is 4.68. The Labute approximate surface area is 252 Å². The highest BCUT2D eigenvalue weighted by molar-refractivity contribution is 6.70. The fourth-order valence-corrected chi connectivity index (χ4v) is 9.19. The number of likely N-dealkylation sites (N-methyl/N-ethyl adjacent to an activating group) is 2. The first-order chi connectivity index (χ1) is 19.0. The van der Waals surface area contributed by atoms with Crippen LogP contribution < -0.4 is 0 Å². The Morgan fingerprint density at radius 3 is 2.00 bits per heavy atom. The fourth-order valence-electron chi connectivity index (χ4n) is 5.27. The number of nitrogens with zero attached hydrogens (tertiary/aromatic N) is 2. The molecule has 0 aromatic rings. The highest BCUT2D eigenvalue weighted by Gasteiger charge is 2.49. The van der Waals surface area contributed by atoms with Crippen molar-refractivity contribution in [2.24, 2.45) is 0 Å². The summed E-state index contributed by atoms with van der Waals surface area (Å²) in [4.78, 5) is 39.8. The second-order valence-corrected chi connectivity index (χ2v) is 17.1. The minimum Gasteiger partial charge on any atom is -0.391 e. The topological polar surface area (TPSA) is 94.6 Å². The molecule has 0 spiro atoms. The van der Waals surface area contributed by atoms with Crippen LogP contribution in [0.4, 0.5) is 0 Å². The molecule has 236 valence electrons. The molecular weight excluding hydrogens is 539 g/mol. The van der Waals surface area contributed by atoms with E-state index in [1.54, 1.807) is 37.9 Å². The molecule has 9 nitrogen and oxygen atoms in total. The number of rotatable bonds is 20. The van der Waals surface area contributed by atoms with Crippen LogP contribution in [0, 0.1) is 0 Å². The number of methoxy groups -OCH3 is 1. The molecule has 1 aliphatic heterocycles. The van der Waals surface area contributed by atoms with Crippen molar-refractivity contribution in [1.82, 2.24) is 9.80 Å². The summed E-state index contributed by atoms with van der Waals surface area (Å²) in [6.45, 7) is 15.5. The van der Waals surface area contributed by atoms with Gasteiger partial charge in [-0.15, -0.1) is 0 Å². The van der Waals surface area contributed by atoms with Crippen LogP contribution >= 0.6 is 0 Å². The first-order valence-electron chi connectivity index (χ1n) is 15.3. The second kappa shape index (κ2) is 17.8. The van der Waals surface area contributed by atoms with Gasteiger partial charge in [0.05, 0.1) is 18.3 Å². The molecule has 2 radical (unpaired) electrons. The number of unbranched alkanes of at least 4 members (excludes halogenated alkanes) is 2. The van der Waals surface area contributed by atoms with E-state index < -0.39 is 14.2 Å². The SMILES string of the molecule is [B][C@H]1CC(OC)[C@@H](CO[Si](OC(C)(C)CCC(=O)N(C)CCN(C)C(=O)CCCCCC(C)=O)(C(C)C)C(C)C)O1. The number of hydrogen-bond donors (Lipinski definition) is 0. The number of carbonyl (C=O) groups is 3. The molecule has 3 atom stereocenters. The molecular formula is C30H57BN2O7Si. The zero-order chi connectivity index (χ0) is 31.4. The Bertz CT molecular complexity index is 819. The Balaban J connectivity index is 2.62. The van der Waals surface area contributed by atoms with Crippen molar-refractivity contribution in [1.29, 1.82) is 0 Å². The number of hydrogen-bond acceptors (Lipinski definition) is 7. The van der Waals surface area contributed by atoms with Gasteiger partial charge in [0.15, 0.2) is 0 Å². The minimum absolute atomic E-state index is 0.0188. The molecule has 41 heavy (non-hydrogen) atoms. The molecule has 0 saturated carbocycles. The highest BCUT2D eigenvalue weighted by Crippen LogP contribution is 2.39. The number of carbonyl (C=O) groups excluding carboxylic acids is 3. The predicted octanol–water partition coefficient (Wildman–Crippen LogP) is 4.60. The van der Waals surface area contributed by atoms with Crippen LogP contribution in [0.25, 0.3) is 0 Å². The van der Waals surface area contributed by atoms with Crippen LogP contribution in [0.3, 0.4) is 0 Å². The molecule has 1 saturated heterocycles. The van der Waals surface area contributed by atoms with E-state index in [1.807, 2.05) is 13.8 Å². The maximum Gasteiger partial charge on any atom is 0.343 e. The van der Waals surface area contributed by atoms with Crippen molar-refractivity contribution in [2.45, 2.75) is 135 Å². The quantitative estimate of drug-likeness (QED) is 0.150. The normalized spacial score (nSPS) is 19.7. The lowest BCUT2D eigenvalue weighted by atomic mass is 9.96. The van der Waals surface area contributed by atoms with Gasteiger partial charge in [-0.25, -0.2) is 0 Å². The number of amides is 2. The van der Waals surface area contributed by atoms with Crippen molar-refractivity contribution in [3.8, 4) is 0 Å². The number of Topliss-reactive ketones (excluding diaryl/α,β-unsaturated/α-hetero) is 1. The molecule has 0 N–H and O–H groups in total. The monoisotopic (exact) mass is 596 g/mol. The lowest BCUT2D eigenvalue weighted by molar-refractivity contribution is -0.134. The lowest BCUT2D eigenvalue weighted by Gasteiger charge is -2.44. The van der Waals surface area contributed by atoms with Gasteiger partial charge in [0, 0.05) is 59.6 Å². The van der Waals surface area contributed by atoms with Gasteiger partial charge in [0.25, 0.3) is 0 Å². The van der Waals surface area contributed by atoms with E-state index in [4.69, 9.17) is 26.2 Å². The second-order valence-electron chi connectivity index (χ2n) is 12.8. The molecule has 1 heterocycles. The summed E-state index contributed by atoms with van der Waals surface area (Å²) in [5.41, 5.74) is -0.211. The molecule has 0 aromatic heterocycles. The lowest BCUT2D eigenvalue weighted by Crippen LogP contribution is -2.54. The van der Waals surface area contributed by atoms with E-state index in [9.17, 15) is 14.4 Å². The summed E-state index contributed by atoms with van der Waals surface area (Å²) < 4.78 is 25.0. The maximum atomic E-state index is 13.0. The average Bonchev–Trinajstić information content (AvgIpc) is 3.26. The van der Waals surface area contributed by atoms with Crippen LogP contribution in [0.15, 0.2) is 0 Å². The fraction of sp³-hybridized carbons (Fsp3) is 0.900. The van der Waals surface area contributed by atoms with E-state index in [-0.39, 0.29) is 46.9 Å². The van der Waals surface area contributed by atoms with E-state index in [2.05, 4.69) is 27.7 Å². The van der Waals surface area contributed by atoms with Gasteiger partial charge >= 0.3 is 8.56 Å². The Morgan fingerprint density at radius 1 is 0.951 bits per heavy atom.